The molecule has 0 saturated heterocycles. The lowest BCUT2D eigenvalue weighted by atomic mass is 10.1. The van der Waals surface area contributed by atoms with Crippen LogP contribution in [-0.4, -0.2) is 24.0 Å². The van der Waals surface area contributed by atoms with E-state index in [2.05, 4.69) is 10.3 Å². The Labute approximate surface area is 146 Å². The Hall–Kier alpha value is -2.56. The number of hydrogen-bond acceptors (Lipinski definition) is 4. The molecular weight excluding hydrogens is 316 g/mol. The maximum Gasteiger partial charge on any atom is 0.287 e. The molecule has 130 valence electrons. The Balaban J connectivity index is 1.61. The van der Waals surface area contributed by atoms with Gasteiger partial charge in [0, 0.05) is 16.8 Å². The van der Waals surface area contributed by atoms with Gasteiger partial charge in [0.1, 0.15) is 5.75 Å². The van der Waals surface area contributed by atoms with Gasteiger partial charge in [-0.05, 0) is 43.2 Å². The molecule has 0 spiro atoms. The van der Waals surface area contributed by atoms with Gasteiger partial charge in [0.2, 0.25) is 5.71 Å². The minimum absolute atomic E-state index is 0.147. The summed E-state index contributed by atoms with van der Waals surface area (Å²) < 4.78 is 11.0. The number of rotatable bonds is 3. The number of hydrogen-bond donors (Lipinski definition) is 1. The van der Waals surface area contributed by atoms with E-state index < -0.39 is 0 Å². The Morgan fingerprint density at radius 3 is 2.68 bits per heavy atom. The number of fused-ring (bicyclic) bond motifs is 2. The summed E-state index contributed by atoms with van der Waals surface area (Å²) in [6.45, 7) is 0. The van der Waals surface area contributed by atoms with Crippen molar-refractivity contribution in [2.24, 2.45) is 0 Å². The fraction of sp³-hybridized carbons (Fsp3) is 0.400. The maximum absolute atomic E-state index is 12.5. The van der Waals surface area contributed by atoms with Crippen LogP contribution >= 0.6 is 0 Å². The zero-order chi connectivity index (χ0) is 17.2. The topological polar surface area (TPSA) is 64.4 Å². The number of aromatic nitrogens is 1. The predicted molar refractivity (Wildman–Crippen MR) is 97.0 cm³/mol. The highest BCUT2D eigenvalue weighted by Crippen LogP contribution is 2.26. The van der Waals surface area contributed by atoms with Crippen LogP contribution in [0.2, 0.25) is 0 Å². The van der Waals surface area contributed by atoms with Gasteiger partial charge in [-0.2, -0.15) is 0 Å². The van der Waals surface area contributed by atoms with Crippen LogP contribution in [0.5, 0.6) is 5.75 Å². The van der Waals surface area contributed by atoms with Gasteiger partial charge < -0.3 is 14.5 Å². The molecule has 1 fully saturated rings. The number of pyridine rings is 1. The van der Waals surface area contributed by atoms with Gasteiger partial charge in [-0.1, -0.05) is 25.7 Å². The van der Waals surface area contributed by atoms with Crippen molar-refractivity contribution < 1.29 is 13.9 Å². The Morgan fingerprint density at radius 1 is 1.12 bits per heavy atom. The molecule has 1 N–H and O–H groups in total. The summed E-state index contributed by atoms with van der Waals surface area (Å²) in [5.74, 6) is 0.962. The average Bonchev–Trinajstić information content (AvgIpc) is 2.87. The average molecular weight is 338 g/mol. The molecule has 3 aromatic rings. The molecule has 1 amide bonds. The summed E-state index contributed by atoms with van der Waals surface area (Å²) in [5, 5.41) is 4.90. The second-order valence-electron chi connectivity index (χ2n) is 6.71. The molecule has 1 aromatic carbocycles. The molecule has 5 nitrogen and oxygen atoms in total. The molecule has 0 atom stereocenters. The molecule has 0 unspecified atom stereocenters. The van der Waals surface area contributed by atoms with Gasteiger partial charge in [-0.15, -0.1) is 0 Å². The van der Waals surface area contributed by atoms with Crippen molar-refractivity contribution in [1.29, 1.82) is 0 Å². The van der Waals surface area contributed by atoms with Gasteiger partial charge in [0.05, 0.1) is 12.6 Å². The van der Waals surface area contributed by atoms with Gasteiger partial charge in [-0.3, -0.25) is 4.79 Å². The summed E-state index contributed by atoms with van der Waals surface area (Å²) >= 11 is 0. The molecular formula is C20H22N2O3. The molecule has 2 aromatic heterocycles. The van der Waals surface area contributed by atoms with E-state index in [-0.39, 0.29) is 11.9 Å². The fourth-order valence-corrected chi connectivity index (χ4v) is 3.53. The van der Waals surface area contributed by atoms with Crippen LogP contribution in [0.25, 0.3) is 22.0 Å². The minimum Gasteiger partial charge on any atom is -0.497 e. The normalized spacial score (nSPS) is 16.0. The lowest BCUT2D eigenvalue weighted by molar-refractivity contribution is 0.0907. The molecule has 1 aliphatic carbocycles. The molecule has 0 bridgehead atoms. The lowest BCUT2D eigenvalue weighted by Crippen LogP contribution is -2.34. The van der Waals surface area contributed by atoms with Crippen LogP contribution < -0.4 is 10.1 Å². The van der Waals surface area contributed by atoms with Crippen molar-refractivity contribution >= 4 is 27.9 Å². The standard InChI is InChI=1S/C20H22N2O3/c1-24-16-8-9-17-13(11-16)10-14-12-18(25-20(14)22-17)19(23)21-15-6-4-2-3-5-7-15/h8-12,15H,2-7H2,1H3,(H,21,23). The molecule has 25 heavy (non-hydrogen) atoms. The smallest absolute Gasteiger partial charge is 0.287 e. The van der Waals surface area contributed by atoms with Crippen LogP contribution in [0.15, 0.2) is 34.7 Å². The van der Waals surface area contributed by atoms with Gasteiger partial charge in [-0.25, -0.2) is 4.98 Å². The quantitative estimate of drug-likeness (QED) is 0.717. The van der Waals surface area contributed by atoms with E-state index in [1.165, 1.54) is 25.7 Å². The van der Waals surface area contributed by atoms with Crippen LogP contribution in [0.3, 0.4) is 0 Å². The summed E-state index contributed by atoms with van der Waals surface area (Å²) in [6.07, 6.45) is 6.98. The zero-order valence-corrected chi connectivity index (χ0v) is 14.4. The van der Waals surface area contributed by atoms with Crippen molar-refractivity contribution in [2.75, 3.05) is 7.11 Å². The molecule has 5 heteroatoms. The number of amides is 1. The number of carbonyl (C=O) groups excluding carboxylic acids is 1. The molecule has 0 aliphatic heterocycles. The van der Waals surface area contributed by atoms with Crippen molar-refractivity contribution in [1.82, 2.24) is 10.3 Å². The Bertz CT molecular complexity index is 908. The SMILES string of the molecule is COc1ccc2nc3oc(C(=O)NC4CCCCCC4)cc3cc2c1. The van der Waals surface area contributed by atoms with E-state index in [1.807, 2.05) is 24.3 Å². The van der Waals surface area contributed by atoms with E-state index >= 15 is 0 Å². The highest BCUT2D eigenvalue weighted by atomic mass is 16.5. The zero-order valence-electron chi connectivity index (χ0n) is 14.4. The largest absolute Gasteiger partial charge is 0.497 e. The highest BCUT2D eigenvalue weighted by Gasteiger charge is 2.19. The maximum atomic E-state index is 12.5. The number of nitrogens with one attached hydrogen (secondary N) is 1. The van der Waals surface area contributed by atoms with E-state index in [0.717, 1.165) is 34.9 Å². The van der Waals surface area contributed by atoms with Crippen LogP contribution in [0, 0.1) is 0 Å². The third-order valence-electron chi connectivity index (χ3n) is 4.92. The third kappa shape index (κ3) is 3.31. The number of nitrogens with zero attached hydrogens (tertiary/aromatic N) is 1. The summed E-state index contributed by atoms with van der Waals surface area (Å²) in [6, 6.07) is 9.68. The van der Waals surface area contributed by atoms with E-state index in [4.69, 9.17) is 9.15 Å². The first-order valence-electron chi connectivity index (χ1n) is 8.92. The molecule has 1 saturated carbocycles. The first kappa shape index (κ1) is 15.9. The van der Waals surface area contributed by atoms with E-state index in [1.54, 1.807) is 13.2 Å². The van der Waals surface area contributed by atoms with Gasteiger partial charge in [0.15, 0.2) is 5.76 Å². The first-order chi connectivity index (χ1) is 12.2. The number of benzene rings is 1. The van der Waals surface area contributed by atoms with Gasteiger partial charge in [0.25, 0.3) is 5.91 Å². The van der Waals surface area contributed by atoms with Gasteiger partial charge >= 0.3 is 0 Å². The van der Waals surface area contributed by atoms with E-state index in [9.17, 15) is 4.79 Å². The number of ether oxygens (including phenoxy) is 1. The fourth-order valence-electron chi connectivity index (χ4n) is 3.53. The highest BCUT2D eigenvalue weighted by molar-refractivity contribution is 5.98. The van der Waals surface area contributed by atoms with Crippen molar-refractivity contribution in [3.8, 4) is 5.75 Å². The number of carbonyl (C=O) groups is 1. The van der Waals surface area contributed by atoms with Crippen molar-refractivity contribution in [3.63, 3.8) is 0 Å². The molecule has 1 aliphatic rings. The lowest BCUT2D eigenvalue weighted by Gasteiger charge is -2.14. The Kier molecular flexibility index (Phi) is 4.30. The van der Waals surface area contributed by atoms with Crippen LogP contribution in [0.1, 0.15) is 49.1 Å². The third-order valence-corrected chi connectivity index (χ3v) is 4.92. The second kappa shape index (κ2) is 6.75. The van der Waals surface area contributed by atoms with E-state index in [0.29, 0.717) is 11.5 Å². The first-order valence-corrected chi connectivity index (χ1v) is 8.92. The van der Waals surface area contributed by atoms with Crippen molar-refractivity contribution in [2.45, 2.75) is 44.6 Å². The number of furan rings is 1. The second-order valence-corrected chi connectivity index (χ2v) is 6.71. The Morgan fingerprint density at radius 2 is 1.92 bits per heavy atom. The molecule has 2 heterocycles. The molecule has 4 rings (SSSR count). The van der Waals surface area contributed by atoms with Crippen LogP contribution in [-0.2, 0) is 0 Å². The molecule has 0 radical (unpaired) electrons. The minimum atomic E-state index is -0.147. The summed E-state index contributed by atoms with van der Waals surface area (Å²) in [5.41, 5.74) is 1.31. The predicted octanol–water partition coefficient (Wildman–Crippen LogP) is 4.44. The number of methoxy groups -OCH3 is 1. The monoisotopic (exact) mass is 338 g/mol. The summed E-state index contributed by atoms with van der Waals surface area (Å²) in [4.78, 5) is 17.1. The summed E-state index contributed by atoms with van der Waals surface area (Å²) in [7, 11) is 1.64. The van der Waals surface area contributed by atoms with Crippen molar-refractivity contribution in [3.05, 3.63) is 36.1 Å². The van der Waals surface area contributed by atoms with Crippen LogP contribution in [0.4, 0.5) is 0 Å².